The number of nitrogens with one attached hydrogen (secondary N) is 2. The molecule has 0 unspecified atom stereocenters. The molecule has 0 aromatic heterocycles. The van der Waals surface area contributed by atoms with E-state index in [4.69, 9.17) is 16.3 Å². The van der Waals surface area contributed by atoms with Crippen LogP contribution in [-0.4, -0.2) is 39.3 Å². The van der Waals surface area contributed by atoms with Crippen LogP contribution >= 0.6 is 11.6 Å². The number of sulfonamides is 1. The van der Waals surface area contributed by atoms with Gasteiger partial charge in [-0.25, -0.2) is 18.2 Å². The van der Waals surface area contributed by atoms with E-state index in [0.29, 0.717) is 33.3 Å². The molecule has 0 atom stereocenters. The van der Waals surface area contributed by atoms with E-state index in [1.54, 1.807) is 48.5 Å². The maximum atomic E-state index is 13.0. The number of rotatable bonds is 11. The molecule has 0 aliphatic carbocycles. The highest BCUT2D eigenvalue weighted by Gasteiger charge is 2.19. The molecule has 216 valence electrons. The molecule has 0 saturated heterocycles. The summed E-state index contributed by atoms with van der Waals surface area (Å²) in [5.74, 6) is -0.830. The Labute approximate surface area is 247 Å². The molecule has 9 nitrogen and oxygen atoms in total. The van der Waals surface area contributed by atoms with Gasteiger partial charge in [0.05, 0.1) is 24.7 Å². The molecule has 2 amide bonds. The van der Waals surface area contributed by atoms with Crippen molar-refractivity contribution in [2.45, 2.75) is 6.54 Å². The Kier molecular flexibility index (Phi) is 9.89. The van der Waals surface area contributed by atoms with Gasteiger partial charge in [-0.15, -0.1) is 0 Å². The van der Waals surface area contributed by atoms with Crippen molar-refractivity contribution in [3.05, 3.63) is 125 Å². The Morgan fingerprint density at radius 2 is 1.62 bits per heavy atom. The summed E-state index contributed by atoms with van der Waals surface area (Å²) in [6, 6.07) is 25.1. The molecule has 0 spiro atoms. The summed E-state index contributed by atoms with van der Waals surface area (Å²) in [7, 11) is -3.63. The predicted molar refractivity (Wildman–Crippen MR) is 161 cm³/mol. The first-order valence-electron chi connectivity index (χ1n) is 12.5. The predicted octanol–water partition coefficient (Wildman–Crippen LogP) is 5.23. The van der Waals surface area contributed by atoms with Crippen molar-refractivity contribution in [1.82, 2.24) is 5.43 Å². The third-order valence-corrected chi connectivity index (χ3v) is 7.36. The summed E-state index contributed by atoms with van der Waals surface area (Å²) in [6.07, 6.45) is 2.54. The fraction of sp³-hybridized carbons (Fsp3) is 0.100. The molecule has 0 fully saturated rings. The number of nitrogens with zero attached hydrogens (tertiary/aromatic N) is 2. The van der Waals surface area contributed by atoms with Crippen molar-refractivity contribution < 1.29 is 27.1 Å². The van der Waals surface area contributed by atoms with E-state index in [1.165, 1.54) is 59.1 Å². The summed E-state index contributed by atoms with van der Waals surface area (Å²) >= 11 is 6.21. The van der Waals surface area contributed by atoms with Gasteiger partial charge in [-0.3, -0.25) is 13.9 Å². The lowest BCUT2D eigenvalue weighted by Crippen LogP contribution is -2.29. The monoisotopic (exact) mass is 608 g/mol. The summed E-state index contributed by atoms with van der Waals surface area (Å²) in [4.78, 5) is 24.6. The number of halogens is 2. The summed E-state index contributed by atoms with van der Waals surface area (Å²) in [5.41, 5.74) is 4.86. The standard InChI is InChI=1S/C30H26ClFN4O5S/c1-42(39,40)36(19-23-4-2-3-5-28(23)31)26-14-8-22(9-15-26)30(38)35-33-18-21-6-16-27(17-7-21)41-20-29(37)34-25-12-10-24(32)11-13-25/h2-18H,19-20H2,1H3,(H,34,37)(H,35,38)/b33-18-. The number of carbonyl (C=O) groups excluding carboxylic acids is 2. The van der Waals surface area contributed by atoms with Crippen LogP contribution in [-0.2, 0) is 21.4 Å². The second-order valence-electron chi connectivity index (χ2n) is 9.02. The third kappa shape index (κ3) is 8.63. The molecule has 0 radical (unpaired) electrons. The van der Waals surface area contributed by atoms with Crippen LogP contribution in [0, 0.1) is 5.82 Å². The van der Waals surface area contributed by atoms with Crippen LogP contribution in [0.1, 0.15) is 21.5 Å². The summed E-state index contributed by atoms with van der Waals surface area (Å²) in [5, 5.41) is 7.02. The Balaban J connectivity index is 1.29. The number of benzene rings is 4. The van der Waals surface area contributed by atoms with Crippen LogP contribution in [0.3, 0.4) is 0 Å². The molecule has 0 aliphatic heterocycles. The first kappa shape index (κ1) is 30.2. The van der Waals surface area contributed by atoms with Gasteiger partial charge in [-0.1, -0.05) is 29.8 Å². The van der Waals surface area contributed by atoms with Crippen molar-refractivity contribution in [1.29, 1.82) is 0 Å². The topological polar surface area (TPSA) is 117 Å². The van der Waals surface area contributed by atoms with Gasteiger partial charge in [-0.05, 0) is 90.0 Å². The van der Waals surface area contributed by atoms with E-state index in [0.717, 1.165) is 6.26 Å². The van der Waals surface area contributed by atoms with Crippen molar-refractivity contribution in [2.24, 2.45) is 5.10 Å². The van der Waals surface area contributed by atoms with Crippen LogP contribution in [0.15, 0.2) is 102 Å². The lowest BCUT2D eigenvalue weighted by atomic mass is 10.2. The van der Waals surface area contributed by atoms with Crippen LogP contribution in [0.2, 0.25) is 5.02 Å². The molecule has 4 aromatic carbocycles. The van der Waals surface area contributed by atoms with Gasteiger partial charge in [0.1, 0.15) is 11.6 Å². The number of hydrogen-bond acceptors (Lipinski definition) is 6. The smallest absolute Gasteiger partial charge is 0.271 e. The average Bonchev–Trinajstić information content (AvgIpc) is 2.97. The number of hydrogen-bond donors (Lipinski definition) is 2. The third-order valence-electron chi connectivity index (χ3n) is 5.85. The number of hydrazone groups is 1. The number of ether oxygens (including phenoxy) is 1. The highest BCUT2D eigenvalue weighted by atomic mass is 35.5. The van der Waals surface area contributed by atoms with Gasteiger partial charge in [0.15, 0.2) is 6.61 Å². The lowest BCUT2D eigenvalue weighted by molar-refractivity contribution is -0.118. The summed E-state index contributed by atoms with van der Waals surface area (Å²) in [6.45, 7) is -0.191. The maximum Gasteiger partial charge on any atom is 0.271 e. The van der Waals surface area contributed by atoms with E-state index >= 15 is 0 Å². The SMILES string of the molecule is CS(=O)(=O)N(Cc1ccccc1Cl)c1ccc(C(=O)N/N=C\c2ccc(OCC(=O)Nc3ccc(F)cc3)cc2)cc1. The zero-order valence-corrected chi connectivity index (χ0v) is 23.9. The van der Waals surface area contributed by atoms with E-state index in [1.807, 2.05) is 0 Å². The van der Waals surface area contributed by atoms with Gasteiger partial charge in [0.2, 0.25) is 10.0 Å². The lowest BCUT2D eigenvalue weighted by Gasteiger charge is -2.23. The molecule has 0 aliphatic rings. The van der Waals surface area contributed by atoms with E-state index < -0.39 is 27.7 Å². The zero-order chi connectivity index (χ0) is 30.1. The fourth-order valence-corrected chi connectivity index (χ4v) is 4.79. The normalized spacial score (nSPS) is 11.2. The van der Waals surface area contributed by atoms with Crippen molar-refractivity contribution in [2.75, 3.05) is 22.5 Å². The quantitative estimate of drug-likeness (QED) is 0.179. The number of anilines is 2. The number of amides is 2. The number of carbonyl (C=O) groups is 2. The molecule has 2 N–H and O–H groups in total. The average molecular weight is 609 g/mol. The highest BCUT2D eigenvalue weighted by Crippen LogP contribution is 2.24. The zero-order valence-electron chi connectivity index (χ0n) is 22.3. The Morgan fingerprint density at radius 1 is 0.952 bits per heavy atom. The van der Waals surface area contributed by atoms with Crippen LogP contribution in [0.5, 0.6) is 5.75 Å². The largest absolute Gasteiger partial charge is 0.484 e. The van der Waals surface area contributed by atoms with Crippen LogP contribution in [0.4, 0.5) is 15.8 Å². The maximum absolute atomic E-state index is 13.0. The molecular formula is C30H26ClFN4O5S. The second kappa shape index (κ2) is 13.7. The highest BCUT2D eigenvalue weighted by molar-refractivity contribution is 7.92. The summed E-state index contributed by atoms with van der Waals surface area (Å²) < 4.78 is 44.5. The Hall–Kier alpha value is -4.74. The Bertz CT molecular complexity index is 1680. The molecule has 0 heterocycles. The Morgan fingerprint density at radius 3 is 2.26 bits per heavy atom. The van der Waals surface area contributed by atoms with Crippen molar-refractivity contribution in [3.63, 3.8) is 0 Å². The van der Waals surface area contributed by atoms with Crippen molar-refractivity contribution >= 4 is 51.0 Å². The van der Waals surface area contributed by atoms with Crippen LogP contribution < -0.4 is 19.8 Å². The first-order valence-corrected chi connectivity index (χ1v) is 14.7. The van der Waals surface area contributed by atoms with Gasteiger partial charge in [-0.2, -0.15) is 5.10 Å². The molecule has 0 bridgehead atoms. The molecule has 42 heavy (non-hydrogen) atoms. The van der Waals surface area contributed by atoms with Gasteiger partial charge >= 0.3 is 0 Å². The molecule has 12 heteroatoms. The first-order chi connectivity index (χ1) is 20.1. The molecular weight excluding hydrogens is 583 g/mol. The molecule has 4 aromatic rings. The van der Waals surface area contributed by atoms with E-state index in [9.17, 15) is 22.4 Å². The second-order valence-corrected chi connectivity index (χ2v) is 11.3. The fourth-order valence-electron chi connectivity index (χ4n) is 3.72. The van der Waals surface area contributed by atoms with E-state index in [-0.39, 0.29) is 18.7 Å². The minimum Gasteiger partial charge on any atom is -0.484 e. The van der Waals surface area contributed by atoms with E-state index in [2.05, 4.69) is 15.8 Å². The molecule has 0 saturated carbocycles. The van der Waals surface area contributed by atoms with Crippen LogP contribution in [0.25, 0.3) is 0 Å². The van der Waals surface area contributed by atoms with Gasteiger partial charge < -0.3 is 10.1 Å². The van der Waals surface area contributed by atoms with Gasteiger partial charge in [0.25, 0.3) is 11.8 Å². The van der Waals surface area contributed by atoms with Gasteiger partial charge in [0, 0.05) is 16.3 Å². The minimum absolute atomic E-state index is 0.0430. The minimum atomic E-state index is -3.63. The van der Waals surface area contributed by atoms with Crippen molar-refractivity contribution in [3.8, 4) is 5.75 Å². The molecule has 4 rings (SSSR count).